The van der Waals surface area contributed by atoms with Crippen LogP contribution in [0.4, 0.5) is 5.69 Å². The number of ether oxygens (including phenoxy) is 1. The number of aliphatic imine (C=N–C) groups is 1. The predicted molar refractivity (Wildman–Crippen MR) is 78.8 cm³/mol. The number of allylic oxidation sites excluding steroid dienone is 2. The first kappa shape index (κ1) is 13.3. The van der Waals surface area contributed by atoms with Gasteiger partial charge in [0.15, 0.2) is 17.3 Å². The third kappa shape index (κ3) is 2.07. The third-order valence-electron chi connectivity index (χ3n) is 3.47. The monoisotopic (exact) mass is 282 g/mol. The van der Waals surface area contributed by atoms with E-state index in [2.05, 4.69) is 4.99 Å². The van der Waals surface area contributed by atoms with Crippen molar-refractivity contribution in [3.05, 3.63) is 46.9 Å². The van der Waals surface area contributed by atoms with Gasteiger partial charge in [-0.3, -0.25) is 9.59 Å². The minimum absolute atomic E-state index is 0.107. The van der Waals surface area contributed by atoms with Crippen molar-refractivity contribution in [2.24, 2.45) is 10.7 Å². The molecule has 106 valence electrons. The molecule has 1 aromatic carbocycles. The van der Waals surface area contributed by atoms with Gasteiger partial charge in [0.2, 0.25) is 0 Å². The maximum atomic E-state index is 11.8. The molecule has 0 saturated carbocycles. The Balaban J connectivity index is 2.24. The lowest BCUT2D eigenvalue weighted by Crippen LogP contribution is -2.26. The zero-order valence-corrected chi connectivity index (χ0v) is 11.8. The summed E-state index contributed by atoms with van der Waals surface area (Å²) in [6, 6.07) is 5.18. The summed E-state index contributed by atoms with van der Waals surface area (Å²) in [5, 5.41) is 0. The molecular formula is C16H14N2O3. The second-order valence-corrected chi connectivity index (χ2v) is 5.00. The largest absolute Gasteiger partial charge is 0.453 e. The molecule has 21 heavy (non-hydrogen) atoms. The molecule has 3 rings (SSSR count). The molecule has 5 heteroatoms. The predicted octanol–water partition coefficient (Wildman–Crippen LogP) is 2.44. The van der Waals surface area contributed by atoms with Crippen molar-refractivity contribution in [1.29, 1.82) is 0 Å². The molecule has 0 amide bonds. The zero-order chi connectivity index (χ0) is 15.1. The van der Waals surface area contributed by atoms with E-state index in [1.165, 1.54) is 13.8 Å². The second-order valence-electron chi connectivity index (χ2n) is 5.00. The molecule has 0 aromatic heterocycles. The molecule has 5 nitrogen and oxygen atoms in total. The summed E-state index contributed by atoms with van der Waals surface area (Å²) >= 11 is 0. The van der Waals surface area contributed by atoms with Gasteiger partial charge in [-0.2, -0.15) is 0 Å². The van der Waals surface area contributed by atoms with Crippen molar-refractivity contribution in [1.82, 2.24) is 0 Å². The smallest absolute Gasteiger partial charge is 0.163 e. The molecule has 0 spiro atoms. The number of ketones is 2. The Bertz CT molecular complexity index is 770. The van der Waals surface area contributed by atoms with Crippen LogP contribution in [0, 0.1) is 0 Å². The Morgan fingerprint density at radius 2 is 2.00 bits per heavy atom. The Kier molecular flexibility index (Phi) is 2.97. The van der Waals surface area contributed by atoms with Crippen LogP contribution >= 0.6 is 0 Å². The highest BCUT2D eigenvalue weighted by Crippen LogP contribution is 2.39. The molecule has 1 heterocycles. The summed E-state index contributed by atoms with van der Waals surface area (Å²) in [5.41, 5.74) is 8.08. The molecule has 1 aliphatic heterocycles. The topological polar surface area (TPSA) is 81.8 Å². The number of fused-ring (bicyclic) bond motifs is 2. The molecule has 0 saturated heterocycles. The number of carbonyl (C=O) groups excluding carboxylic acids is 2. The molecule has 0 radical (unpaired) electrons. The highest BCUT2D eigenvalue weighted by atomic mass is 16.5. The first-order chi connectivity index (χ1) is 9.99. The first-order valence-electron chi connectivity index (χ1n) is 6.60. The van der Waals surface area contributed by atoms with Gasteiger partial charge in [-0.25, -0.2) is 4.99 Å². The normalized spacial score (nSPS) is 16.3. The minimum Gasteiger partial charge on any atom is -0.453 e. The van der Waals surface area contributed by atoms with Crippen LogP contribution in [0.1, 0.15) is 30.6 Å². The lowest BCUT2D eigenvalue weighted by molar-refractivity contribution is -0.113. The minimum atomic E-state index is -0.163. The fourth-order valence-corrected chi connectivity index (χ4v) is 2.50. The Morgan fingerprint density at radius 3 is 2.67 bits per heavy atom. The van der Waals surface area contributed by atoms with Crippen molar-refractivity contribution < 1.29 is 14.3 Å². The van der Waals surface area contributed by atoms with Crippen molar-refractivity contribution in [2.75, 3.05) is 0 Å². The van der Waals surface area contributed by atoms with Crippen LogP contribution in [0.5, 0.6) is 5.75 Å². The average Bonchev–Trinajstić information content (AvgIpc) is 2.43. The average molecular weight is 282 g/mol. The van der Waals surface area contributed by atoms with Crippen LogP contribution < -0.4 is 10.5 Å². The Hall–Kier alpha value is -2.69. The van der Waals surface area contributed by atoms with Crippen molar-refractivity contribution in [2.45, 2.75) is 20.3 Å². The van der Waals surface area contributed by atoms with E-state index in [9.17, 15) is 9.59 Å². The molecule has 0 atom stereocenters. The molecule has 0 bridgehead atoms. The Morgan fingerprint density at radius 1 is 1.24 bits per heavy atom. The summed E-state index contributed by atoms with van der Waals surface area (Å²) in [6.45, 7) is 2.91. The van der Waals surface area contributed by atoms with E-state index < -0.39 is 0 Å². The SMILES string of the molecule is CC(=O)C1=C(N)CC=C2Oc3cccc(C(C)=O)c3N=C21. The van der Waals surface area contributed by atoms with Crippen molar-refractivity contribution in [3.8, 4) is 5.75 Å². The lowest BCUT2D eigenvalue weighted by Gasteiger charge is -2.25. The van der Waals surface area contributed by atoms with E-state index in [1.54, 1.807) is 24.3 Å². The molecule has 2 N–H and O–H groups in total. The first-order valence-corrected chi connectivity index (χ1v) is 6.60. The second kappa shape index (κ2) is 4.70. The van der Waals surface area contributed by atoms with E-state index in [0.29, 0.717) is 46.2 Å². The molecular weight excluding hydrogens is 268 g/mol. The maximum absolute atomic E-state index is 11.8. The van der Waals surface area contributed by atoms with E-state index in [0.717, 1.165) is 0 Å². The highest BCUT2D eigenvalue weighted by molar-refractivity contribution is 6.29. The number of Topliss-reactive ketones (excluding diaryl/α,β-unsaturated/α-hetero) is 2. The lowest BCUT2D eigenvalue weighted by atomic mass is 9.94. The van der Waals surface area contributed by atoms with Gasteiger partial charge in [0.05, 0.1) is 5.57 Å². The van der Waals surface area contributed by atoms with Crippen molar-refractivity contribution in [3.63, 3.8) is 0 Å². The van der Waals surface area contributed by atoms with Crippen LogP contribution in [0.25, 0.3) is 0 Å². The van der Waals surface area contributed by atoms with E-state index >= 15 is 0 Å². The summed E-state index contributed by atoms with van der Waals surface area (Å²) in [4.78, 5) is 28.0. The number of rotatable bonds is 2. The highest BCUT2D eigenvalue weighted by Gasteiger charge is 2.30. The number of hydrogen-bond acceptors (Lipinski definition) is 5. The van der Waals surface area contributed by atoms with Gasteiger partial charge < -0.3 is 10.5 Å². The number of para-hydroxylation sites is 1. The van der Waals surface area contributed by atoms with Crippen LogP contribution in [0.2, 0.25) is 0 Å². The van der Waals surface area contributed by atoms with Gasteiger partial charge in [0.25, 0.3) is 0 Å². The van der Waals surface area contributed by atoms with Gasteiger partial charge in [-0.15, -0.1) is 0 Å². The molecule has 1 aromatic rings. The van der Waals surface area contributed by atoms with E-state index in [-0.39, 0.29) is 11.6 Å². The quantitative estimate of drug-likeness (QED) is 0.845. The van der Waals surface area contributed by atoms with Gasteiger partial charge in [-0.1, -0.05) is 6.07 Å². The third-order valence-corrected chi connectivity index (χ3v) is 3.47. The molecule has 0 fully saturated rings. The maximum Gasteiger partial charge on any atom is 0.163 e. The number of carbonyl (C=O) groups is 2. The van der Waals surface area contributed by atoms with Crippen molar-refractivity contribution >= 4 is 23.0 Å². The summed E-state index contributed by atoms with van der Waals surface area (Å²) < 4.78 is 5.79. The fourth-order valence-electron chi connectivity index (χ4n) is 2.50. The van der Waals surface area contributed by atoms with E-state index in [1.807, 2.05) is 0 Å². The number of hydrogen-bond donors (Lipinski definition) is 1. The van der Waals surface area contributed by atoms with Crippen LogP contribution in [0.3, 0.4) is 0 Å². The standard InChI is InChI=1S/C16H14N2O3/c1-8(19)10-4-3-5-12-15(10)18-16-13(21-12)7-6-11(17)14(16)9(2)20/h3-5,7H,6,17H2,1-2H3. The summed E-state index contributed by atoms with van der Waals surface area (Å²) in [6.07, 6.45) is 2.25. The molecule has 2 aliphatic rings. The van der Waals surface area contributed by atoms with E-state index in [4.69, 9.17) is 10.5 Å². The van der Waals surface area contributed by atoms with Gasteiger partial charge in [-0.05, 0) is 32.1 Å². The summed E-state index contributed by atoms with van der Waals surface area (Å²) in [7, 11) is 0. The number of nitrogens with two attached hydrogens (primary N) is 1. The van der Waals surface area contributed by atoms with Gasteiger partial charge in [0.1, 0.15) is 17.2 Å². The summed E-state index contributed by atoms with van der Waals surface area (Å²) in [5.74, 6) is 0.761. The van der Waals surface area contributed by atoms with Gasteiger partial charge in [0, 0.05) is 17.7 Å². The number of nitrogens with zero attached hydrogens (tertiary/aromatic N) is 1. The van der Waals surface area contributed by atoms with Crippen LogP contribution in [-0.4, -0.2) is 17.3 Å². The molecule has 0 unspecified atom stereocenters. The zero-order valence-electron chi connectivity index (χ0n) is 11.8. The number of benzene rings is 1. The van der Waals surface area contributed by atoms with Gasteiger partial charge >= 0.3 is 0 Å². The Labute approximate surface area is 121 Å². The molecule has 1 aliphatic carbocycles. The van der Waals surface area contributed by atoms with Crippen LogP contribution in [-0.2, 0) is 4.79 Å². The fraction of sp³-hybridized carbons (Fsp3) is 0.188. The van der Waals surface area contributed by atoms with Crippen LogP contribution in [0.15, 0.2) is 46.3 Å².